The van der Waals surface area contributed by atoms with Crippen molar-refractivity contribution in [3.8, 4) is 79.0 Å². The average Bonchev–Trinajstić information content (AvgIpc) is 1.58. The quantitative estimate of drug-likeness (QED) is 0.159. The van der Waals surface area contributed by atoms with Crippen LogP contribution in [-0.2, 0) is 10.8 Å². The Hall–Kier alpha value is -14.6. The molecule has 532 valence electrons. The number of para-hydroxylation sites is 6. The summed E-state index contributed by atoms with van der Waals surface area (Å²) in [4.78, 5) is 23.5. The van der Waals surface area contributed by atoms with Crippen molar-refractivity contribution in [3.63, 3.8) is 0 Å². The standard InChI is InChI=1S/C106H68N8/c1-105(2)83-36-15-9-28-70(83)74-34-23-35-79(99(74)105)102-103(108-87-40-19-18-39-86(87)107-102)113-92-54-48-63-44-45-64(56-80(63)98(92)77-51-50-67(59-94(77)113)112-90-43-22-14-33-76(90)96-68-26-7-5-24-61(68)46-53-91(96)112)65-57-81-71-29-10-16-37-84(71)106(3,4)100(81)82(58-65)101-75-32-11-17-38-85(75)109-104(110-101)114-93-55-47-62-25-6-8-27-69(62)97(93)78-52-49-66(60-95(78)114)111-88-41-20-12-30-72(88)73-31-13-21-42-89(73)111/h5-60H,1-4H3. The summed E-state index contributed by atoms with van der Waals surface area (Å²) in [5, 5.41) is 17.5. The second kappa shape index (κ2) is 23.0. The van der Waals surface area contributed by atoms with Crippen molar-refractivity contribution in [2.24, 2.45) is 0 Å². The van der Waals surface area contributed by atoms with E-state index < -0.39 is 5.41 Å². The van der Waals surface area contributed by atoms with Crippen molar-refractivity contribution in [1.82, 2.24) is 38.2 Å². The van der Waals surface area contributed by atoms with Crippen molar-refractivity contribution < 1.29 is 0 Å². The molecule has 2 aliphatic carbocycles. The number of benzene rings is 17. The maximum absolute atomic E-state index is 6.07. The van der Waals surface area contributed by atoms with Crippen molar-refractivity contribution in [1.29, 1.82) is 0 Å². The van der Waals surface area contributed by atoms with Gasteiger partial charge in [0.05, 0.1) is 66.4 Å². The van der Waals surface area contributed by atoms with Crippen LogP contribution < -0.4 is 0 Å². The third kappa shape index (κ3) is 8.60. The molecule has 114 heavy (non-hydrogen) atoms. The monoisotopic (exact) mass is 1450 g/mol. The van der Waals surface area contributed by atoms with Gasteiger partial charge < -0.3 is 9.13 Å². The van der Waals surface area contributed by atoms with Gasteiger partial charge in [-0.3, -0.25) is 9.13 Å². The SMILES string of the molecule is CC1(C)c2ccccc2-c2cccc(-c3nc4ccccc4nc3-n3c4cc(-n5c6ccccc6c6c7ccccc7ccc65)ccc4c4c5cc(-c6cc7c(c(-c8nc(-n9c%10cc(-n%11c%12ccccc%12c%12ccccc%12%11)ccc%10c%10c%11ccccc%11ccc%109)nc9ccccc89)c6)C(C)(C)c6ccccc6-7)ccc5ccc43)c21. The minimum atomic E-state index is -0.414. The minimum Gasteiger partial charge on any atom is -0.309 e. The highest BCUT2D eigenvalue weighted by Crippen LogP contribution is 2.57. The lowest BCUT2D eigenvalue weighted by Gasteiger charge is -2.25. The molecule has 17 aromatic carbocycles. The Balaban J connectivity index is 0.748. The van der Waals surface area contributed by atoms with Gasteiger partial charge in [-0.25, -0.2) is 19.9 Å². The van der Waals surface area contributed by atoms with E-state index in [1.54, 1.807) is 0 Å². The molecule has 25 rings (SSSR count). The molecule has 0 saturated heterocycles. The number of rotatable bonds is 7. The van der Waals surface area contributed by atoms with E-state index >= 15 is 0 Å². The predicted octanol–water partition coefficient (Wildman–Crippen LogP) is 27.0. The summed E-state index contributed by atoms with van der Waals surface area (Å²) < 4.78 is 9.67. The lowest BCUT2D eigenvalue weighted by Crippen LogP contribution is -2.17. The molecule has 0 unspecified atom stereocenters. The zero-order valence-electron chi connectivity index (χ0n) is 62.9. The second-order valence-corrected chi connectivity index (χ2v) is 32.3. The van der Waals surface area contributed by atoms with Crippen molar-refractivity contribution >= 4 is 141 Å². The summed E-state index contributed by atoms with van der Waals surface area (Å²) >= 11 is 0. The van der Waals surface area contributed by atoms with Crippen LogP contribution in [0.5, 0.6) is 0 Å². The molecular formula is C106H68N8. The van der Waals surface area contributed by atoms with E-state index in [4.69, 9.17) is 19.9 Å². The molecule has 6 aromatic heterocycles. The van der Waals surface area contributed by atoms with Gasteiger partial charge in [0.15, 0.2) is 5.82 Å². The Morgan fingerprint density at radius 3 is 1.32 bits per heavy atom. The van der Waals surface area contributed by atoms with E-state index in [2.05, 4.69) is 386 Å². The van der Waals surface area contributed by atoms with E-state index in [-0.39, 0.29) is 5.41 Å². The van der Waals surface area contributed by atoms with E-state index in [0.717, 1.165) is 144 Å². The lowest BCUT2D eigenvalue weighted by molar-refractivity contribution is 0.661. The van der Waals surface area contributed by atoms with Crippen LogP contribution in [0.25, 0.3) is 221 Å². The van der Waals surface area contributed by atoms with Crippen LogP contribution in [0.2, 0.25) is 0 Å². The first kappa shape index (κ1) is 63.2. The topological polar surface area (TPSA) is 71.3 Å². The lowest BCUT2D eigenvalue weighted by atomic mass is 9.78. The van der Waals surface area contributed by atoms with Crippen LogP contribution >= 0.6 is 0 Å². The maximum Gasteiger partial charge on any atom is 0.235 e. The van der Waals surface area contributed by atoms with E-state index in [1.165, 1.54) is 93.0 Å². The molecule has 0 amide bonds. The highest BCUT2D eigenvalue weighted by molar-refractivity contribution is 6.25. The second-order valence-electron chi connectivity index (χ2n) is 32.3. The van der Waals surface area contributed by atoms with Crippen LogP contribution in [0.4, 0.5) is 0 Å². The van der Waals surface area contributed by atoms with Crippen molar-refractivity contribution in [2.75, 3.05) is 0 Å². The van der Waals surface area contributed by atoms with Gasteiger partial charge >= 0.3 is 0 Å². The molecule has 6 heterocycles. The summed E-state index contributed by atoms with van der Waals surface area (Å²) in [6.45, 7) is 9.53. The number of aromatic nitrogens is 8. The number of hydrogen-bond donors (Lipinski definition) is 0. The highest BCUT2D eigenvalue weighted by Gasteiger charge is 2.41. The van der Waals surface area contributed by atoms with Crippen LogP contribution in [0.3, 0.4) is 0 Å². The molecule has 8 heteroatoms. The molecule has 0 bridgehead atoms. The first-order valence-electron chi connectivity index (χ1n) is 39.5. The minimum absolute atomic E-state index is 0.338. The zero-order chi connectivity index (χ0) is 75.1. The Morgan fingerprint density at radius 1 is 0.228 bits per heavy atom. The summed E-state index contributed by atoms with van der Waals surface area (Å²) in [5.74, 6) is 1.38. The summed E-state index contributed by atoms with van der Waals surface area (Å²) in [6.07, 6.45) is 0. The van der Waals surface area contributed by atoms with Crippen LogP contribution in [0, 0.1) is 0 Å². The van der Waals surface area contributed by atoms with Crippen molar-refractivity contribution in [3.05, 3.63) is 362 Å². The normalized spacial score (nSPS) is 13.6. The average molecular weight is 1450 g/mol. The van der Waals surface area contributed by atoms with E-state index in [1.807, 2.05) is 0 Å². The molecule has 0 saturated carbocycles. The Kier molecular flexibility index (Phi) is 12.8. The molecule has 8 nitrogen and oxygen atoms in total. The number of nitrogens with zero attached hydrogens (tertiary/aromatic N) is 8. The third-order valence-corrected chi connectivity index (χ3v) is 25.7. The summed E-state index contributed by atoms with van der Waals surface area (Å²) in [5.41, 5.74) is 28.7. The van der Waals surface area contributed by atoms with Gasteiger partial charge in [0.25, 0.3) is 0 Å². The largest absolute Gasteiger partial charge is 0.309 e. The highest BCUT2D eigenvalue weighted by atomic mass is 15.2. The summed E-state index contributed by atoms with van der Waals surface area (Å²) in [7, 11) is 0. The Morgan fingerprint density at radius 2 is 0.667 bits per heavy atom. The fourth-order valence-electron chi connectivity index (χ4n) is 20.7. The van der Waals surface area contributed by atoms with Gasteiger partial charge in [0.1, 0.15) is 5.69 Å². The van der Waals surface area contributed by atoms with Gasteiger partial charge in [-0.2, -0.15) is 0 Å². The Bertz CT molecular complexity index is 8210. The zero-order valence-corrected chi connectivity index (χ0v) is 62.9. The van der Waals surface area contributed by atoms with Crippen molar-refractivity contribution in [2.45, 2.75) is 38.5 Å². The van der Waals surface area contributed by atoms with Gasteiger partial charge in [-0.15, -0.1) is 0 Å². The molecule has 0 spiro atoms. The first-order valence-corrected chi connectivity index (χ1v) is 39.5. The number of hydrogen-bond acceptors (Lipinski definition) is 4. The first-order chi connectivity index (χ1) is 56.1. The van der Waals surface area contributed by atoms with Crippen LogP contribution in [0.1, 0.15) is 49.9 Å². The molecule has 0 N–H and O–H groups in total. The van der Waals surface area contributed by atoms with E-state index in [0.29, 0.717) is 5.95 Å². The maximum atomic E-state index is 6.07. The molecule has 2 aliphatic rings. The van der Waals surface area contributed by atoms with Crippen LogP contribution in [0.15, 0.2) is 340 Å². The Labute approximate surface area is 655 Å². The molecule has 0 radical (unpaired) electrons. The van der Waals surface area contributed by atoms with E-state index in [9.17, 15) is 0 Å². The molecule has 0 fully saturated rings. The predicted molar refractivity (Wildman–Crippen MR) is 474 cm³/mol. The molecule has 0 aliphatic heterocycles. The smallest absolute Gasteiger partial charge is 0.235 e. The fourth-order valence-corrected chi connectivity index (χ4v) is 20.7. The van der Waals surface area contributed by atoms with Gasteiger partial charge in [-0.1, -0.05) is 270 Å². The van der Waals surface area contributed by atoms with Gasteiger partial charge in [-0.05, 0) is 185 Å². The summed E-state index contributed by atoms with van der Waals surface area (Å²) in [6, 6.07) is 126. The van der Waals surface area contributed by atoms with Gasteiger partial charge in [0, 0.05) is 81.8 Å². The molecular weight excluding hydrogens is 1390 g/mol. The van der Waals surface area contributed by atoms with Gasteiger partial charge in [0.2, 0.25) is 5.95 Å². The number of fused-ring (bicyclic) bond motifs is 26. The van der Waals surface area contributed by atoms with Crippen LogP contribution in [-0.4, -0.2) is 38.2 Å². The molecule has 23 aromatic rings. The third-order valence-electron chi connectivity index (χ3n) is 25.7. The fraction of sp³-hybridized carbons (Fsp3) is 0.0566. The molecule has 0 atom stereocenters.